The molecule has 1 amide bonds. The molecule has 0 heterocycles. The summed E-state index contributed by atoms with van der Waals surface area (Å²) in [6, 6.07) is 5.43. The number of hydrogen-bond donors (Lipinski definition) is 2. The van der Waals surface area contributed by atoms with Crippen LogP contribution in [0.2, 0.25) is 0 Å². The maximum Gasteiger partial charge on any atom is 0.237 e. The molecule has 0 fully saturated rings. The lowest BCUT2D eigenvalue weighted by molar-refractivity contribution is -0.123. The Labute approximate surface area is 127 Å². The van der Waals surface area contributed by atoms with Gasteiger partial charge in [-0.05, 0) is 45.9 Å². The van der Waals surface area contributed by atoms with E-state index in [1.165, 1.54) is 0 Å². The van der Waals surface area contributed by atoms with Crippen molar-refractivity contribution >= 4 is 5.91 Å². The normalized spacial score (nSPS) is 13.7. The van der Waals surface area contributed by atoms with Crippen LogP contribution in [0.3, 0.4) is 0 Å². The maximum absolute atomic E-state index is 12.0. The van der Waals surface area contributed by atoms with E-state index in [1.807, 2.05) is 45.9 Å². The Hall–Kier alpha value is -1.75. The first-order valence-electron chi connectivity index (χ1n) is 7.17. The monoisotopic (exact) mass is 294 g/mol. The van der Waals surface area contributed by atoms with Gasteiger partial charge in [0.05, 0.1) is 20.3 Å². The first-order valence-corrected chi connectivity index (χ1v) is 7.17. The van der Waals surface area contributed by atoms with Gasteiger partial charge in [-0.25, -0.2) is 0 Å². The second-order valence-electron chi connectivity index (χ2n) is 5.38. The fraction of sp³-hybridized carbons (Fsp3) is 0.562. The van der Waals surface area contributed by atoms with Crippen molar-refractivity contribution in [1.29, 1.82) is 0 Å². The summed E-state index contributed by atoms with van der Waals surface area (Å²) in [7, 11) is 3.26. The molecule has 1 aromatic carbocycles. The van der Waals surface area contributed by atoms with Gasteiger partial charge >= 0.3 is 0 Å². The molecule has 21 heavy (non-hydrogen) atoms. The third-order valence-corrected chi connectivity index (χ3v) is 3.23. The molecule has 5 nitrogen and oxygen atoms in total. The van der Waals surface area contributed by atoms with Crippen LogP contribution in [-0.4, -0.2) is 32.2 Å². The fourth-order valence-electron chi connectivity index (χ4n) is 2.13. The molecular formula is C16H26N2O3. The summed E-state index contributed by atoms with van der Waals surface area (Å²) < 4.78 is 10.6. The van der Waals surface area contributed by atoms with Crippen LogP contribution in [-0.2, 0) is 4.79 Å². The summed E-state index contributed by atoms with van der Waals surface area (Å²) in [5.74, 6) is 1.52. The highest BCUT2D eigenvalue weighted by Crippen LogP contribution is 2.29. The van der Waals surface area contributed by atoms with Crippen LogP contribution in [0.4, 0.5) is 0 Å². The lowest BCUT2D eigenvalue weighted by Gasteiger charge is -2.22. The molecule has 2 unspecified atom stereocenters. The molecule has 0 spiro atoms. The van der Waals surface area contributed by atoms with Gasteiger partial charge in [-0.15, -0.1) is 0 Å². The van der Waals surface area contributed by atoms with Crippen molar-refractivity contribution in [1.82, 2.24) is 10.6 Å². The number of benzene rings is 1. The minimum Gasteiger partial charge on any atom is -0.497 e. The molecule has 0 saturated carbocycles. The highest BCUT2D eigenvalue weighted by molar-refractivity contribution is 5.81. The Morgan fingerprint density at radius 3 is 2.29 bits per heavy atom. The van der Waals surface area contributed by atoms with Crippen LogP contribution in [0.25, 0.3) is 0 Å². The van der Waals surface area contributed by atoms with E-state index in [0.29, 0.717) is 0 Å². The van der Waals surface area contributed by atoms with E-state index < -0.39 is 0 Å². The SMILES string of the molecule is COc1ccc(OC)c(C(C)NC(C)C(=O)NC(C)C)c1. The summed E-state index contributed by atoms with van der Waals surface area (Å²) in [5, 5.41) is 6.17. The third-order valence-electron chi connectivity index (χ3n) is 3.23. The van der Waals surface area contributed by atoms with Gasteiger partial charge in [0.15, 0.2) is 0 Å². The third kappa shape index (κ3) is 4.93. The molecule has 1 rings (SSSR count). The first-order chi connectivity index (χ1) is 9.88. The van der Waals surface area contributed by atoms with Crippen LogP contribution in [0, 0.1) is 0 Å². The van der Waals surface area contributed by atoms with Gasteiger partial charge in [-0.2, -0.15) is 0 Å². The average molecular weight is 294 g/mol. The van der Waals surface area contributed by atoms with E-state index in [4.69, 9.17) is 9.47 Å². The number of methoxy groups -OCH3 is 2. The van der Waals surface area contributed by atoms with E-state index in [1.54, 1.807) is 14.2 Å². The predicted octanol–water partition coefficient (Wildman–Crippen LogP) is 2.27. The topological polar surface area (TPSA) is 59.6 Å². The van der Waals surface area contributed by atoms with E-state index >= 15 is 0 Å². The van der Waals surface area contributed by atoms with E-state index in [0.717, 1.165) is 17.1 Å². The lowest BCUT2D eigenvalue weighted by atomic mass is 10.1. The minimum absolute atomic E-state index is 0.0151. The van der Waals surface area contributed by atoms with Crippen LogP contribution >= 0.6 is 0 Å². The van der Waals surface area contributed by atoms with Gasteiger partial charge in [0, 0.05) is 17.6 Å². The Balaban J connectivity index is 2.83. The van der Waals surface area contributed by atoms with E-state index in [9.17, 15) is 4.79 Å². The van der Waals surface area contributed by atoms with Crippen molar-refractivity contribution in [3.63, 3.8) is 0 Å². The number of rotatable bonds is 7. The number of hydrogen-bond acceptors (Lipinski definition) is 4. The number of ether oxygens (including phenoxy) is 2. The Morgan fingerprint density at radius 2 is 1.76 bits per heavy atom. The summed E-state index contributed by atoms with van der Waals surface area (Å²) in [6.45, 7) is 7.73. The molecule has 0 aliphatic heterocycles. The summed E-state index contributed by atoms with van der Waals surface area (Å²) in [4.78, 5) is 12.0. The molecule has 1 aromatic rings. The lowest BCUT2D eigenvalue weighted by Crippen LogP contribution is -2.45. The fourth-order valence-corrected chi connectivity index (χ4v) is 2.13. The molecule has 0 aliphatic rings. The van der Waals surface area contributed by atoms with Crippen molar-refractivity contribution < 1.29 is 14.3 Å². The second-order valence-corrected chi connectivity index (χ2v) is 5.38. The zero-order chi connectivity index (χ0) is 16.0. The summed E-state index contributed by atoms with van der Waals surface area (Å²) in [5.41, 5.74) is 0.959. The van der Waals surface area contributed by atoms with E-state index in [-0.39, 0.29) is 24.0 Å². The molecule has 0 aromatic heterocycles. The number of carbonyl (C=O) groups is 1. The molecule has 118 valence electrons. The van der Waals surface area contributed by atoms with Crippen LogP contribution in [0.15, 0.2) is 18.2 Å². The number of nitrogens with one attached hydrogen (secondary N) is 2. The van der Waals surface area contributed by atoms with Crippen LogP contribution in [0.5, 0.6) is 11.5 Å². The highest BCUT2D eigenvalue weighted by Gasteiger charge is 2.19. The van der Waals surface area contributed by atoms with Crippen molar-refractivity contribution in [3.8, 4) is 11.5 Å². The molecule has 0 saturated heterocycles. The van der Waals surface area contributed by atoms with Crippen LogP contribution in [0.1, 0.15) is 39.3 Å². The Morgan fingerprint density at radius 1 is 1.10 bits per heavy atom. The quantitative estimate of drug-likeness (QED) is 0.810. The standard InChI is InChI=1S/C16H26N2O3/c1-10(2)17-16(19)12(4)18-11(3)14-9-13(20-5)7-8-15(14)21-6/h7-12,18H,1-6H3,(H,17,19). The maximum atomic E-state index is 12.0. The van der Waals surface area contributed by atoms with Crippen molar-refractivity contribution in [3.05, 3.63) is 23.8 Å². The van der Waals surface area contributed by atoms with Gasteiger partial charge in [0.25, 0.3) is 0 Å². The average Bonchev–Trinajstić information content (AvgIpc) is 2.45. The second kappa shape index (κ2) is 7.88. The zero-order valence-electron chi connectivity index (χ0n) is 13.7. The van der Waals surface area contributed by atoms with Crippen molar-refractivity contribution in [2.24, 2.45) is 0 Å². The largest absolute Gasteiger partial charge is 0.497 e. The van der Waals surface area contributed by atoms with Crippen molar-refractivity contribution in [2.45, 2.75) is 45.8 Å². The highest BCUT2D eigenvalue weighted by atomic mass is 16.5. The summed E-state index contributed by atoms with van der Waals surface area (Å²) in [6.07, 6.45) is 0. The van der Waals surface area contributed by atoms with Gasteiger partial charge in [-0.3, -0.25) is 10.1 Å². The zero-order valence-corrected chi connectivity index (χ0v) is 13.7. The summed E-state index contributed by atoms with van der Waals surface area (Å²) >= 11 is 0. The Kier molecular flexibility index (Phi) is 6.49. The molecule has 0 bridgehead atoms. The van der Waals surface area contributed by atoms with Gasteiger partial charge in [0.2, 0.25) is 5.91 Å². The van der Waals surface area contributed by atoms with Crippen LogP contribution < -0.4 is 20.1 Å². The van der Waals surface area contributed by atoms with E-state index in [2.05, 4.69) is 10.6 Å². The van der Waals surface area contributed by atoms with Gasteiger partial charge in [0.1, 0.15) is 11.5 Å². The molecule has 0 radical (unpaired) electrons. The predicted molar refractivity (Wildman–Crippen MR) is 83.8 cm³/mol. The van der Waals surface area contributed by atoms with Crippen molar-refractivity contribution in [2.75, 3.05) is 14.2 Å². The molecule has 0 aliphatic carbocycles. The Bertz CT molecular complexity index is 475. The minimum atomic E-state index is -0.293. The molecular weight excluding hydrogens is 268 g/mol. The molecule has 2 atom stereocenters. The van der Waals surface area contributed by atoms with Gasteiger partial charge in [-0.1, -0.05) is 0 Å². The first kappa shape index (κ1) is 17.3. The number of carbonyl (C=O) groups excluding carboxylic acids is 1. The number of amides is 1. The molecule has 5 heteroatoms. The molecule has 2 N–H and O–H groups in total. The van der Waals surface area contributed by atoms with Gasteiger partial charge < -0.3 is 14.8 Å². The smallest absolute Gasteiger partial charge is 0.237 e.